The summed E-state index contributed by atoms with van der Waals surface area (Å²) in [7, 11) is 4.88. The number of amides is 2. The Morgan fingerprint density at radius 3 is 2.32 bits per heavy atom. The number of likely N-dealkylation sites (N-methyl/N-ethyl adjacent to an activating group) is 1. The van der Waals surface area contributed by atoms with Gasteiger partial charge in [-0.1, -0.05) is 13.3 Å². The number of hydrogen-bond acceptors (Lipinski definition) is 4. The molecule has 0 aliphatic heterocycles. The third kappa shape index (κ3) is 6.02. The Labute approximate surface area is 115 Å². The molecule has 0 heterocycles. The Morgan fingerprint density at radius 1 is 1.32 bits per heavy atom. The fraction of sp³-hybridized carbons (Fsp3) is 0.846. The molecule has 0 aromatic rings. The molecule has 2 N–H and O–H groups in total. The van der Waals surface area contributed by atoms with Gasteiger partial charge in [0, 0.05) is 27.7 Å². The summed E-state index contributed by atoms with van der Waals surface area (Å²) < 4.78 is 4.98. The van der Waals surface area contributed by atoms with Crippen LogP contribution in [0.1, 0.15) is 26.7 Å². The molecule has 0 bridgehead atoms. The average molecular weight is 273 g/mol. The highest BCUT2D eigenvalue weighted by atomic mass is 16.5. The van der Waals surface area contributed by atoms with Crippen molar-refractivity contribution in [2.24, 2.45) is 5.73 Å². The van der Waals surface area contributed by atoms with Crippen LogP contribution in [0.3, 0.4) is 0 Å². The molecule has 0 radical (unpaired) electrons. The van der Waals surface area contributed by atoms with Gasteiger partial charge >= 0.3 is 0 Å². The van der Waals surface area contributed by atoms with E-state index in [1.807, 2.05) is 6.92 Å². The van der Waals surface area contributed by atoms with Crippen LogP contribution >= 0.6 is 0 Å². The van der Waals surface area contributed by atoms with Gasteiger partial charge < -0.3 is 20.3 Å². The maximum Gasteiger partial charge on any atom is 0.242 e. The fourth-order valence-corrected chi connectivity index (χ4v) is 1.75. The van der Waals surface area contributed by atoms with Gasteiger partial charge in [-0.3, -0.25) is 9.59 Å². The van der Waals surface area contributed by atoms with Crippen LogP contribution in [0.15, 0.2) is 0 Å². The van der Waals surface area contributed by atoms with Crippen molar-refractivity contribution in [1.29, 1.82) is 0 Å². The van der Waals surface area contributed by atoms with Gasteiger partial charge in [-0.05, 0) is 13.3 Å². The SMILES string of the molecule is CCCC(C)(N)C(=O)N(CCOC)CC(=O)N(C)C. The highest BCUT2D eigenvalue weighted by molar-refractivity contribution is 5.89. The summed E-state index contributed by atoms with van der Waals surface area (Å²) in [5.74, 6) is -0.335. The standard InChI is InChI=1S/C13H27N3O3/c1-6-7-13(2,14)12(18)16(8-9-19-5)10-11(17)15(3)4/h6-10,14H2,1-5H3. The first-order valence-corrected chi connectivity index (χ1v) is 6.53. The Hall–Kier alpha value is -1.14. The minimum Gasteiger partial charge on any atom is -0.383 e. The number of nitrogens with two attached hydrogens (primary N) is 1. The van der Waals surface area contributed by atoms with Crippen LogP contribution in [0.5, 0.6) is 0 Å². The van der Waals surface area contributed by atoms with Gasteiger partial charge in [0.15, 0.2) is 0 Å². The molecule has 6 nitrogen and oxygen atoms in total. The number of methoxy groups -OCH3 is 1. The first kappa shape index (κ1) is 17.9. The van der Waals surface area contributed by atoms with Crippen molar-refractivity contribution in [3.05, 3.63) is 0 Å². The molecule has 0 rings (SSSR count). The molecule has 2 amide bonds. The van der Waals surface area contributed by atoms with Crippen LogP contribution in [-0.2, 0) is 14.3 Å². The number of carbonyl (C=O) groups is 2. The smallest absolute Gasteiger partial charge is 0.242 e. The second-order valence-electron chi connectivity index (χ2n) is 5.18. The van der Waals surface area contributed by atoms with E-state index in [-0.39, 0.29) is 18.4 Å². The Kier molecular flexibility index (Phi) is 7.63. The van der Waals surface area contributed by atoms with Crippen molar-refractivity contribution < 1.29 is 14.3 Å². The van der Waals surface area contributed by atoms with Gasteiger partial charge in [-0.25, -0.2) is 0 Å². The third-order valence-corrected chi connectivity index (χ3v) is 2.94. The number of ether oxygens (including phenoxy) is 1. The molecule has 0 fully saturated rings. The molecule has 6 heteroatoms. The monoisotopic (exact) mass is 273 g/mol. The molecule has 0 aliphatic rings. The van der Waals surface area contributed by atoms with Gasteiger partial charge in [0.1, 0.15) is 0 Å². The largest absolute Gasteiger partial charge is 0.383 e. The van der Waals surface area contributed by atoms with Gasteiger partial charge in [-0.15, -0.1) is 0 Å². The molecule has 1 unspecified atom stereocenters. The third-order valence-electron chi connectivity index (χ3n) is 2.94. The van der Waals surface area contributed by atoms with E-state index in [0.29, 0.717) is 19.6 Å². The summed E-state index contributed by atoms with van der Waals surface area (Å²) in [6, 6.07) is 0. The predicted octanol–water partition coefficient (Wildman–Crippen LogP) is 0.0671. The number of hydrogen-bond donors (Lipinski definition) is 1. The van der Waals surface area contributed by atoms with Crippen molar-refractivity contribution in [3.63, 3.8) is 0 Å². The second kappa shape index (κ2) is 8.12. The lowest BCUT2D eigenvalue weighted by Gasteiger charge is -2.31. The van der Waals surface area contributed by atoms with Crippen molar-refractivity contribution in [3.8, 4) is 0 Å². The van der Waals surface area contributed by atoms with E-state index in [0.717, 1.165) is 6.42 Å². The Balaban J connectivity index is 4.82. The van der Waals surface area contributed by atoms with Crippen molar-refractivity contribution in [2.75, 3.05) is 40.9 Å². The molecule has 1 atom stereocenters. The van der Waals surface area contributed by atoms with Gasteiger partial charge in [0.2, 0.25) is 11.8 Å². The summed E-state index contributed by atoms with van der Waals surface area (Å²) in [5, 5.41) is 0. The zero-order valence-electron chi connectivity index (χ0n) is 12.7. The molecule has 0 saturated carbocycles. The predicted molar refractivity (Wildman–Crippen MR) is 74.7 cm³/mol. The van der Waals surface area contributed by atoms with Crippen LogP contribution in [0.25, 0.3) is 0 Å². The highest BCUT2D eigenvalue weighted by Crippen LogP contribution is 2.13. The number of carbonyl (C=O) groups excluding carboxylic acids is 2. The van der Waals surface area contributed by atoms with Crippen LogP contribution < -0.4 is 5.73 Å². The van der Waals surface area contributed by atoms with Crippen molar-refractivity contribution in [1.82, 2.24) is 9.80 Å². The molecule has 112 valence electrons. The van der Waals surface area contributed by atoms with Gasteiger partial charge in [0.05, 0.1) is 18.7 Å². The zero-order valence-corrected chi connectivity index (χ0v) is 12.7. The quantitative estimate of drug-likeness (QED) is 0.679. The molecule has 0 saturated heterocycles. The van der Waals surface area contributed by atoms with E-state index >= 15 is 0 Å². The summed E-state index contributed by atoms with van der Waals surface area (Å²) in [6.45, 7) is 4.47. The molecular weight excluding hydrogens is 246 g/mol. The lowest BCUT2D eigenvalue weighted by Crippen LogP contribution is -2.55. The molecule has 0 aromatic heterocycles. The molecule has 0 spiro atoms. The molecular formula is C13H27N3O3. The lowest BCUT2D eigenvalue weighted by molar-refractivity contribution is -0.143. The van der Waals surface area contributed by atoms with Crippen LogP contribution in [0.2, 0.25) is 0 Å². The zero-order chi connectivity index (χ0) is 15.1. The lowest BCUT2D eigenvalue weighted by atomic mass is 9.95. The normalized spacial score (nSPS) is 13.8. The minimum atomic E-state index is -0.935. The highest BCUT2D eigenvalue weighted by Gasteiger charge is 2.32. The van der Waals surface area contributed by atoms with E-state index in [2.05, 4.69) is 0 Å². The maximum atomic E-state index is 12.4. The summed E-state index contributed by atoms with van der Waals surface area (Å²) in [5.41, 5.74) is 5.10. The van der Waals surface area contributed by atoms with Crippen molar-refractivity contribution in [2.45, 2.75) is 32.2 Å². The second-order valence-corrected chi connectivity index (χ2v) is 5.18. The molecule has 19 heavy (non-hydrogen) atoms. The van der Waals surface area contributed by atoms with E-state index < -0.39 is 5.54 Å². The number of rotatable bonds is 8. The molecule has 0 aliphatic carbocycles. The van der Waals surface area contributed by atoms with E-state index in [1.165, 1.54) is 9.80 Å². The van der Waals surface area contributed by atoms with E-state index in [1.54, 1.807) is 28.1 Å². The van der Waals surface area contributed by atoms with Crippen LogP contribution in [0.4, 0.5) is 0 Å². The Bertz CT molecular complexity index is 304. The van der Waals surface area contributed by atoms with Crippen LogP contribution in [-0.4, -0.2) is 68.1 Å². The minimum absolute atomic E-state index is 0.0334. The maximum absolute atomic E-state index is 12.4. The fourth-order valence-electron chi connectivity index (χ4n) is 1.75. The van der Waals surface area contributed by atoms with E-state index in [9.17, 15) is 9.59 Å². The topological polar surface area (TPSA) is 75.9 Å². The van der Waals surface area contributed by atoms with Crippen LogP contribution in [0, 0.1) is 0 Å². The van der Waals surface area contributed by atoms with Crippen molar-refractivity contribution >= 4 is 11.8 Å². The first-order valence-electron chi connectivity index (χ1n) is 6.53. The average Bonchev–Trinajstić information content (AvgIpc) is 2.32. The van der Waals surface area contributed by atoms with Gasteiger partial charge in [0.25, 0.3) is 0 Å². The Morgan fingerprint density at radius 2 is 1.89 bits per heavy atom. The van der Waals surface area contributed by atoms with Gasteiger partial charge in [-0.2, -0.15) is 0 Å². The summed E-state index contributed by atoms with van der Waals surface area (Å²) in [4.78, 5) is 27.1. The number of nitrogens with zero attached hydrogens (tertiary/aromatic N) is 2. The van der Waals surface area contributed by atoms with E-state index in [4.69, 9.17) is 10.5 Å². The summed E-state index contributed by atoms with van der Waals surface area (Å²) >= 11 is 0. The first-order chi connectivity index (χ1) is 8.76. The molecule has 0 aromatic carbocycles. The summed E-state index contributed by atoms with van der Waals surface area (Å²) in [6.07, 6.45) is 1.41.